The van der Waals surface area contributed by atoms with E-state index in [4.69, 9.17) is 0 Å². The monoisotopic (exact) mass is 465 g/mol. The molecule has 0 aliphatic carbocycles. The van der Waals surface area contributed by atoms with Crippen LogP contribution in [0.1, 0.15) is 57.7 Å². The Labute approximate surface area is 200 Å². The Kier molecular flexibility index (Phi) is 7.39. The van der Waals surface area contributed by atoms with Crippen molar-refractivity contribution in [3.8, 4) is 0 Å². The van der Waals surface area contributed by atoms with E-state index in [-0.39, 0.29) is 11.9 Å². The molecule has 0 saturated carbocycles. The van der Waals surface area contributed by atoms with Crippen molar-refractivity contribution in [2.75, 3.05) is 24.7 Å². The average Bonchev–Trinajstić information content (AvgIpc) is 3.09. The van der Waals surface area contributed by atoms with Crippen LogP contribution in [0, 0.1) is 19.8 Å². The average molecular weight is 466 g/mol. The number of hydrogen-bond donors (Lipinski definition) is 2. The molecule has 5 heteroatoms. The van der Waals surface area contributed by atoms with E-state index in [1.807, 2.05) is 30.3 Å². The lowest BCUT2D eigenvalue weighted by atomic mass is 9.91. The van der Waals surface area contributed by atoms with Crippen LogP contribution in [0.15, 0.2) is 59.5 Å². The van der Waals surface area contributed by atoms with E-state index in [1.54, 1.807) is 28.0 Å². The topological polar surface area (TPSA) is 33.5 Å². The maximum Gasteiger partial charge on any atom is 0.256 e. The van der Waals surface area contributed by atoms with Crippen molar-refractivity contribution >= 4 is 34.0 Å². The van der Waals surface area contributed by atoms with Gasteiger partial charge in [0, 0.05) is 20.9 Å². The van der Waals surface area contributed by atoms with Crippen molar-refractivity contribution in [2.45, 2.75) is 44.6 Å². The van der Waals surface area contributed by atoms with Gasteiger partial charge < -0.3 is 10.2 Å². The van der Waals surface area contributed by atoms with Gasteiger partial charge in [-0.15, -0.1) is 23.1 Å². The molecular formula is C27H33N2OS2+. The van der Waals surface area contributed by atoms with Gasteiger partial charge in [-0.25, -0.2) is 0 Å². The van der Waals surface area contributed by atoms with Gasteiger partial charge in [0.15, 0.2) is 0 Å². The number of likely N-dealkylation sites (tertiary alicyclic amines) is 1. The van der Waals surface area contributed by atoms with Crippen LogP contribution in [0.25, 0.3) is 0 Å². The summed E-state index contributed by atoms with van der Waals surface area (Å²) in [6.07, 6.45) is 4.62. The number of benzene rings is 2. The molecule has 1 aliphatic rings. The van der Waals surface area contributed by atoms with Crippen LogP contribution in [-0.4, -0.2) is 25.3 Å². The summed E-state index contributed by atoms with van der Waals surface area (Å²) in [7, 11) is 0. The zero-order valence-electron chi connectivity index (χ0n) is 19.4. The van der Waals surface area contributed by atoms with E-state index < -0.39 is 0 Å². The lowest BCUT2D eigenvalue weighted by Gasteiger charge is -2.35. The van der Waals surface area contributed by atoms with Crippen LogP contribution < -0.4 is 10.2 Å². The van der Waals surface area contributed by atoms with Crippen molar-refractivity contribution < 1.29 is 9.69 Å². The molecule has 0 radical (unpaired) electrons. The van der Waals surface area contributed by atoms with Crippen LogP contribution in [-0.2, 0) is 0 Å². The first kappa shape index (κ1) is 23.1. The molecular weight excluding hydrogens is 432 g/mol. The van der Waals surface area contributed by atoms with Gasteiger partial charge in [-0.3, -0.25) is 4.79 Å². The number of thiophene rings is 1. The van der Waals surface area contributed by atoms with Gasteiger partial charge in [-0.2, -0.15) is 0 Å². The molecule has 0 unspecified atom stereocenters. The van der Waals surface area contributed by atoms with Crippen molar-refractivity contribution in [3.63, 3.8) is 0 Å². The third kappa shape index (κ3) is 4.95. The fourth-order valence-corrected chi connectivity index (χ4v) is 6.18. The van der Waals surface area contributed by atoms with Gasteiger partial charge in [0.2, 0.25) is 0 Å². The summed E-state index contributed by atoms with van der Waals surface area (Å²) in [5, 5.41) is 4.27. The highest BCUT2D eigenvalue weighted by molar-refractivity contribution is 7.98. The molecule has 1 atom stereocenters. The predicted octanol–water partition coefficient (Wildman–Crippen LogP) is 5.74. The predicted molar refractivity (Wildman–Crippen MR) is 137 cm³/mol. The molecule has 2 aromatic carbocycles. The van der Waals surface area contributed by atoms with Crippen LogP contribution in [0.5, 0.6) is 0 Å². The largest absolute Gasteiger partial charge is 0.325 e. The zero-order chi connectivity index (χ0) is 22.7. The molecule has 1 aliphatic heterocycles. The number of amides is 1. The first-order chi connectivity index (χ1) is 15.5. The lowest BCUT2D eigenvalue weighted by molar-refractivity contribution is -0.931. The van der Waals surface area contributed by atoms with Crippen LogP contribution in [0.3, 0.4) is 0 Å². The Balaban J connectivity index is 1.75. The van der Waals surface area contributed by atoms with Crippen LogP contribution >= 0.6 is 23.1 Å². The number of hydrogen-bond acceptors (Lipinski definition) is 3. The van der Waals surface area contributed by atoms with E-state index in [1.165, 1.54) is 39.3 Å². The first-order valence-electron chi connectivity index (χ1n) is 11.4. The summed E-state index contributed by atoms with van der Waals surface area (Å²) in [6.45, 7) is 9.08. The van der Waals surface area contributed by atoms with E-state index in [2.05, 4.69) is 56.6 Å². The highest BCUT2D eigenvalue weighted by Crippen LogP contribution is 2.39. The van der Waals surface area contributed by atoms with Crippen molar-refractivity contribution in [1.29, 1.82) is 0 Å². The quantitative estimate of drug-likeness (QED) is 0.455. The Hall–Kier alpha value is -2.08. The number of anilines is 1. The van der Waals surface area contributed by atoms with Gasteiger partial charge in [0.25, 0.3) is 5.91 Å². The Morgan fingerprint density at radius 2 is 1.72 bits per heavy atom. The summed E-state index contributed by atoms with van der Waals surface area (Å²) in [6, 6.07) is 18.8. The molecule has 0 spiro atoms. The van der Waals surface area contributed by atoms with Crippen molar-refractivity contribution in [2.24, 2.45) is 5.92 Å². The standard InChI is InChI=1S/C27H32N2OS2/c1-18-14-16-29(17-15-18)25(21-10-12-23(31-4)13-11-21)24-19(2)20(3)32-27(24)28-26(30)22-8-6-5-7-9-22/h5-13,18,25H,14-17H2,1-4H3,(H,28,30)/p+1/t25-/m1/s1. The molecule has 32 heavy (non-hydrogen) atoms. The minimum Gasteiger partial charge on any atom is -0.325 e. The summed E-state index contributed by atoms with van der Waals surface area (Å²) in [5.74, 6) is 0.757. The van der Waals surface area contributed by atoms with Gasteiger partial charge >= 0.3 is 0 Å². The smallest absolute Gasteiger partial charge is 0.256 e. The second-order valence-corrected chi connectivity index (χ2v) is 11.0. The SMILES string of the molecule is CSc1ccc([C@H](c2c(NC(=O)c3ccccc3)sc(C)c2C)[NH+]2CCC(C)CC2)cc1. The molecule has 1 aromatic heterocycles. The minimum atomic E-state index is -0.0353. The third-order valence-electron chi connectivity index (χ3n) is 6.76. The van der Waals surface area contributed by atoms with Crippen LogP contribution in [0.2, 0.25) is 0 Å². The summed E-state index contributed by atoms with van der Waals surface area (Å²) in [4.78, 5) is 17.2. The Morgan fingerprint density at radius 1 is 1.06 bits per heavy atom. The van der Waals surface area contributed by atoms with Crippen molar-refractivity contribution in [1.82, 2.24) is 0 Å². The number of quaternary nitrogens is 1. The van der Waals surface area contributed by atoms with Gasteiger partial charge in [0.05, 0.1) is 18.7 Å². The van der Waals surface area contributed by atoms with E-state index in [0.29, 0.717) is 5.56 Å². The van der Waals surface area contributed by atoms with Gasteiger partial charge in [-0.05, 0) is 68.7 Å². The molecule has 168 valence electrons. The minimum absolute atomic E-state index is 0.0353. The zero-order valence-corrected chi connectivity index (χ0v) is 21.0. The van der Waals surface area contributed by atoms with Gasteiger partial charge in [-0.1, -0.05) is 37.3 Å². The normalized spacial score (nSPS) is 19.5. The number of aryl methyl sites for hydroxylation is 1. The number of rotatable bonds is 6. The highest BCUT2D eigenvalue weighted by Gasteiger charge is 2.34. The number of thioether (sulfide) groups is 1. The maximum absolute atomic E-state index is 13.0. The Bertz CT molecular complexity index is 1050. The molecule has 1 fully saturated rings. The summed E-state index contributed by atoms with van der Waals surface area (Å²) >= 11 is 3.49. The molecule has 4 rings (SSSR count). The summed E-state index contributed by atoms with van der Waals surface area (Å²) < 4.78 is 0. The molecule has 1 saturated heterocycles. The molecule has 3 aromatic rings. The lowest BCUT2D eigenvalue weighted by Crippen LogP contribution is -3.13. The number of piperidine rings is 1. The molecule has 0 bridgehead atoms. The van der Waals surface area contributed by atoms with Crippen molar-refractivity contribution in [3.05, 3.63) is 81.7 Å². The third-order valence-corrected chi connectivity index (χ3v) is 8.64. The van der Waals surface area contributed by atoms with E-state index >= 15 is 0 Å². The molecule has 2 N–H and O–H groups in total. The second kappa shape index (κ2) is 10.2. The fourth-order valence-electron chi connectivity index (χ4n) is 4.67. The molecule has 2 heterocycles. The van der Waals surface area contributed by atoms with Crippen LogP contribution in [0.4, 0.5) is 5.00 Å². The highest BCUT2D eigenvalue weighted by atomic mass is 32.2. The maximum atomic E-state index is 13.0. The fraction of sp³-hybridized carbons (Fsp3) is 0.370. The molecule has 1 amide bonds. The Morgan fingerprint density at radius 3 is 2.34 bits per heavy atom. The molecule has 3 nitrogen and oxygen atoms in total. The summed E-state index contributed by atoms with van der Waals surface area (Å²) in [5.41, 5.74) is 4.63. The first-order valence-corrected chi connectivity index (χ1v) is 13.5. The number of carbonyl (C=O) groups excluding carboxylic acids is 1. The van der Waals surface area contributed by atoms with E-state index in [0.717, 1.165) is 24.0 Å². The second-order valence-electron chi connectivity index (χ2n) is 8.89. The van der Waals surface area contributed by atoms with E-state index in [9.17, 15) is 4.79 Å². The van der Waals surface area contributed by atoms with Gasteiger partial charge in [0.1, 0.15) is 11.0 Å². The number of carbonyl (C=O) groups is 1. The number of nitrogens with one attached hydrogen (secondary N) is 2.